The molecule has 2 fully saturated rings. The molecule has 2 heterocycles. The van der Waals surface area contributed by atoms with Crippen molar-refractivity contribution in [2.45, 2.75) is 25.3 Å². The maximum atomic E-state index is 12.7. The Kier molecular flexibility index (Phi) is 7.35. The number of nitrogens with one attached hydrogen (secondary N) is 1. The normalized spacial score (nSPS) is 18.9. The Labute approximate surface area is 167 Å². The van der Waals surface area contributed by atoms with E-state index in [9.17, 15) is 4.79 Å². The number of aromatic nitrogens is 1. The lowest BCUT2D eigenvalue weighted by Gasteiger charge is -2.36. The third-order valence-corrected chi connectivity index (χ3v) is 5.33. The first-order valence-electron chi connectivity index (χ1n) is 9.02. The fourth-order valence-electron chi connectivity index (χ4n) is 3.68. The first-order valence-corrected chi connectivity index (χ1v) is 9.02. The van der Waals surface area contributed by atoms with Crippen LogP contribution in [-0.2, 0) is 11.2 Å². The van der Waals surface area contributed by atoms with Crippen LogP contribution in [-0.4, -0.2) is 59.5 Å². The van der Waals surface area contributed by atoms with Crippen molar-refractivity contribution in [2.24, 2.45) is 11.7 Å². The SMILES string of the molecule is Cl.Cl.N[C@@H](Cc1c[nH]c2ccccc12)C(=O)N1CCN(CC2CC2)CC1. The Morgan fingerprint density at radius 1 is 1.15 bits per heavy atom. The fraction of sp³-hybridized carbons (Fsp3) is 0.526. The summed E-state index contributed by atoms with van der Waals surface area (Å²) in [6.07, 6.45) is 5.33. The van der Waals surface area contributed by atoms with Gasteiger partial charge in [0.25, 0.3) is 0 Å². The van der Waals surface area contributed by atoms with Crippen molar-refractivity contribution < 1.29 is 4.79 Å². The Balaban J connectivity index is 0.00000121. The summed E-state index contributed by atoms with van der Waals surface area (Å²) in [4.78, 5) is 20.4. The summed E-state index contributed by atoms with van der Waals surface area (Å²) < 4.78 is 0. The number of H-pyrrole nitrogens is 1. The van der Waals surface area contributed by atoms with Crippen LogP contribution in [0.1, 0.15) is 18.4 Å². The second kappa shape index (κ2) is 9.09. The Bertz CT molecular complexity index is 723. The molecule has 7 heteroatoms. The van der Waals surface area contributed by atoms with E-state index in [0.29, 0.717) is 6.42 Å². The molecule has 1 aromatic carbocycles. The number of rotatable bonds is 5. The van der Waals surface area contributed by atoms with E-state index >= 15 is 0 Å². The highest BCUT2D eigenvalue weighted by Crippen LogP contribution is 2.30. The van der Waals surface area contributed by atoms with Gasteiger partial charge in [0, 0.05) is 49.8 Å². The van der Waals surface area contributed by atoms with Crippen molar-refractivity contribution in [1.29, 1.82) is 0 Å². The molecule has 2 aromatic rings. The van der Waals surface area contributed by atoms with Gasteiger partial charge in [-0.3, -0.25) is 9.69 Å². The molecule has 144 valence electrons. The lowest BCUT2D eigenvalue weighted by molar-refractivity contribution is -0.134. The van der Waals surface area contributed by atoms with Gasteiger partial charge in [-0.25, -0.2) is 0 Å². The zero-order chi connectivity index (χ0) is 16.5. The molecule has 0 radical (unpaired) electrons. The monoisotopic (exact) mass is 398 g/mol. The highest BCUT2D eigenvalue weighted by Gasteiger charge is 2.29. The average molecular weight is 399 g/mol. The molecule has 26 heavy (non-hydrogen) atoms. The van der Waals surface area contributed by atoms with E-state index in [1.807, 2.05) is 29.3 Å². The van der Waals surface area contributed by atoms with Crippen LogP contribution in [0.2, 0.25) is 0 Å². The molecular weight excluding hydrogens is 371 g/mol. The Morgan fingerprint density at radius 2 is 1.85 bits per heavy atom. The number of halogens is 2. The smallest absolute Gasteiger partial charge is 0.239 e. The number of carbonyl (C=O) groups excluding carboxylic acids is 1. The van der Waals surface area contributed by atoms with Crippen LogP contribution in [0.25, 0.3) is 10.9 Å². The first-order chi connectivity index (χ1) is 11.7. The molecular formula is C19H28Cl2N4O. The average Bonchev–Trinajstić information content (AvgIpc) is 3.34. The number of carbonyl (C=O) groups is 1. The van der Waals surface area contributed by atoms with E-state index in [4.69, 9.17) is 5.73 Å². The first kappa shape index (κ1) is 21.0. The maximum absolute atomic E-state index is 12.7. The molecule has 4 rings (SSSR count). The van der Waals surface area contributed by atoms with Gasteiger partial charge >= 0.3 is 0 Å². The molecule has 2 aliphatic rings. The third kappa shape index (κ3) is 4.71. The molecule has 1 saturated carbocycles. The van der Waals surface area contributed by atoms with Crippen LogP contribution in [0.3, 0.4) is 0 Å². The summed E-state index contributed by atoms with van der Waals surface area (Å²) >= 11 is 0. The number of benzene rings is 1. The minimum Gasteiger partial charge on any atom is -0.361 e. The molecule has 1 atom stereocenters. The minimum atomic E-state index is -0.459. The largest absolute Gasteiger partial charge is 0.361 e. The number of hydrogen-bond acceptors (Lipinski definition) is 3. The molecule has 1 amide bonds. The topological polar surface area (TPSA) is 65.4 Å². The van der Waals surface area contributed by atoms with Crippen molar-refractivity contribution in [3.8, 4) is 0 Å². The van der Waals surface area contributed by atoms with Crippen molar-refractivity contribution in [2.75, 3.05) is 32.7 Å². The molecule has 0 spiro atoms. The quantitative estimate of drug-likeness (QED) is 0.812. The number of fused-ring (bicyclic) bond motifs is 1. The fourth-order valence-corrected chi connectivity index (χ4v) is 3.68. The molecule has 0 bridgehead atoms. The molecule has 1 aliphatic carbocycles. The summed E-state index contributed by atoms with van der Waals surface area (Å²) in [7, 11) is 0. The van der Waals surface area contributed by atoms with Crippen molar-refractivity contribution in [3.63, 3.8) is 0 Å². The molecule has 1 saturated heterocycles. The van der Waals surface area contributed by atoms with E-state index in [1.165, 1.54) is 19.4 Å². The number of nitrogens with zero attached hydrogens (tertiary/aromatic N) is 2. The molecule has 0 unspecified atom stereocenters. The number of piperazine rings is 1. The summed E-state index contributed by atoms with van der Waals surface area (Å²) in [6.45, 7) is 4.81. The summed E-state index contributed by atoms with van der Waals surface area (Å²) in [5, 5.41) is 1.16. The van der Waals surface area contributed by atoms with Crippen molar-refractivity contribution in [3.05, 3.63) is 36.0 Å². The van der Waals surface area contributed by atoms with Crippen LogP contribution >= 0.6 is 24.8 Å². The van der Waals surface area contributed by atoms with Crippen LogP contribution in [0.15, 0.2) is 30.5 Å². The van der Waals surface area contributed by atoms with Gasteiger partial charge in [-0.1, -0.05) is 18.2 Å². The van der Waals surface area contributed by atoms with Crippen LogP contribution in [0, 0.1) is 5.92 Å². The summed E-state index contributed by atoms with van der Waals surface area (Å²) in [5.74, 6) is 1.00. The highest BCUT2D eigenvalue weighted by atomic mass is 35.5. The number of aromatic amines is 1. The van der Waals surface area contributed by atoms with Gasteiger partial charge in [0.15, 0.2) is 0 Å². The summed E-state index contributed by atoms with van der Waals surface area (Å²) in [6, 6.07) is 7.69. The van der Waals surface area contributed by atoms with Crippen molar-refractivity contribution in [1.82, 2.24) is 14.8 Å². The van der Waals surface area contributed by atoms with E-state index in [1.54, 1.807) is 0 Å². The lowest BCUT2D eigenvalue weighted by atomic mass is 10.0. The van der Waals surface area contributed by atoms with Gasteiger partial charge in [-0.05, 0) is 36.8 Å². The zero-order valence-corrected chi connectivity index (χ0v) is 16.5. The van der Waals surface area contributed by atoms with Crippen molar-refractivity contribution >= 4 is 41.6 Å². The molecule has 1 aliphatic heterocycles. The van der Waals surface area contributed by atoms with Gasteiger partial charge in [0.1, 0.15) is 0 Å². The van der Waals surface area contributed by atoms with Gasteiger partial charge in [-0.2, -0.15) is 0 Å². The Morgan fingerprint density at radius 3 is 2.54 bits per heavy atom. The number of nitrogens with two attached hydrogens (primary N) is 1. The second-order valence-electron chi connectivity index (χ2n) is 7.24. The predicted octanol–water partition coefficient (Wildman–Crippen LogP) is 2.44. The van der Waals surface area contributed by atoms with Crippen LogP contribution < -0.4 is 5.73 Å². The Hall–Kier alpha value is -1.27. The van der Waals surface area contributed by atoms with Gasteiger partial charge < -0.3 is 15.6 Å². The highest BCUT2D eigenvalue weighted by molar-refractivity contribution is 5.86. The molecule has 1 aromatic heterocycles. The van der Waals surface area contributed by atoms with Gasteiger partial charge in [0.2, 0.25) is 5.91 Å². The van der Waals surface area contributed by atoms with E-state index in [2.05, 4.69) is 16.0 Å². The lowest BCUT2D eigenvalue weighted by Crippen LogP contribution is -2.53. The standard InChI is InChI=1S/C19H26N4O.2ClH/c20-17(11-15-12-21-18-4-2-1-3-16(15)18)19(24)23-9-7-22(8-10-23)13-14-5-6-14;;/h1-4,12,14,17,21H,5-11,13,20H2;2*1H/t17-;;/m0../s1. The molecule has 5 nitrogen and oxygen atoms in total. The van der Waals surface area contributed by atoms with Gasteiger partial charge in [-0.15, -0.1) is 24.8 Å². The zero-order valence-electron chi connectivity index (χ0n) is 14.9. The second-order valence-corrected chi connectivity index (χ2v) is 7.24. The third-order valence-electron chi connectivity index (χ3n) is 5.33. The molecule has 3 N–H and O–H groups in total. The predicted molar refractivity (Wildman–Crippen MR) is 110 cm³/mol. The minimum absolute atomic E-state index is 0. The van der Waals surface area contributed by atoms with E-state index < -0.39 is 6.04 Å². The van der Waals surface area contributed by atoms with Crippen LogP contribution in [0.5, 0.6) is 0 Å². The van der Waals surface area contributed by atoms with Crippen LogP contribution in [0.4, 0.5) is 0 Å². The maximum Gasteiger partial charge on any atom is 0.239 e. The van der Waals surface area contributed by atoms with E-state index in [-0.39, 0.29) is 30.7 Å². The summed E-state index contributed by atoms with van der Waals surface area (Å²) in [5.41, 5.74) is 8.46. The van der Waals surface area contributed by atoms with Gasteiger partial charge in [0.05, 0.1) is 6.04 Å². The number of para-hydroxylation sites is 1. The van der Waals surface area contributed by atoms with E-state index in [0.717, 1.165) is 48.6 Å². The number of hydrogen-bond donors (Lipinski definition) is 2. The number of amides is 1.